The molecular formula is C14H22F4O6S. The number of esters is 1. The summed E-state index contributed by atoms with van der Waals surface area (Å²) in [5, 5.41) is 4.00. The van der Waals surface area contributed by atoms with Gasteiger partial charge in [0.25, 0.3) is 0 Å². The van der Waals surface area contributed by atoms with Crippen molar-refractivity contribution in [3.8, 4) is 0 Å². The molecule has 25 heavy (non-hydrogen) atoms. The Morgan fingerprint density at radius 1 is 1.20 bits per heavy atom. The first-order valence-corrected chi connectivity index (χ1v) is 9.31. The summed E-state index contributed by atoms with van der Waals surface area (Å²) in [7, 11) is -6.23. The Hall–Kier alpha value is -0.940. The average Bonchev–Trinajstić information content (AvgIpc) is 2.48. The highest BCUT2D eigenvalue weighted by Gasteiger charge is 2.64. The SMILES string of the molecule is CC1CC(C(=O)OCCCCC(F)(F)C(F)(F)S(=O)(=O)O)CCC1O. The molecular weight excluding hydrogens is 372 g/mol. The van der Waals surface area contributed by atoms with E-state index in [9.17, 15) is 35.9 Å². The lowest BCUT2D eigenvalue weighted by atomic mass is 9.80. The van der Waals surface area contributed by atoms with E-state index in [1.54, 1.807) is 6.92 Å². The van der Waals surface area contributed by atoms with E-state index >= 15 is 0 Å². The molecule has 0 saturated heterocycles. The molecule has 0 radical (unpaired) electrons. The topological polar surface area (TPSA) is 101 Å². The number of unbranched alkanes of at least 4 members (excludes halogenated alkanes) is 1. The number of aliphatic hydroxyl groups is 1. The number of halogens is 4. The number of hydrogen-bond acceptors (Lipinski definition) is 5. The first-order valence-electron chi connectivity index (χ1n) is 7.87. The van der Waals surface area contributed by atoms with E-state index in [2.05, 4.69) is 0 Å². The molecule has 3 unspecified atom stereocenters. The number of rotatable bonds is 8. The highest BCUT2D eigenvalue weighted by atomic mass is 32.2. The molecule has 0 heterocycles. The van der Waals surface area contributed by atoms with Gasteiger partial charge in [0, 0.05) is 6.42 Å². The minimum Gasteiger partial charge on any atom is -0.465 e. The molecule has 2 N–H and O–H groups in total. The summed E-state index contributed by atoms with van der Waals surface area (Å²) in [6.45, 7) is 1.53. The second kappa shape index (κ2) is 8.17. The molecule has 3 atom stereocenters. The third kappa shape index (κ3) is 5.52. The number of aliphatic hydroxyl groups excluding tert-OH is 1. The van der Waals surface area contributed by atoms with E-state index in [0.29, 0.717) is 19.3 Å². The molecule has 148 valence electrons. The van der Waals surface area contributed by atoms with E-state index in [-0.39, 0.29) is 18.9 Å². The summed E-state index contributed by atoms with van der Waals surface area (Å²) in [6, 6.07) is 0. The van der Waals surface area contributed by atoms with E-state index in [4.69, 9.17) is 9.29 Å². The molecule has 0 amide bonds. The van der Waals surface area contributed by atoms with E-state index < -0.39 is 52.1 Å². The van der Waals surface area contributed by atoms with Crippen molar-refractivity contribution in [3.05, 3.63) is 0 Å². The Balaban J connectivity index is 2.35. The maximum Gasteiger partial charge on any atom is 0.431 e. The predicted molar refractivity (Wildman–Crippen MR) is 78.8 cm³/mol. The zero-order valence-corrected chi connectivity index (χ0v) is 14.4. The molecule has 0 bridgehead atoms. The van der Waals surface area contributed by atoms with Crippen LogP contribution in [0.25, 0.3) is 0 Å². The van der Waals surface area contributed by atoms with Crippen LogP contribution in [0.4, 0.5) is 17.6 Å². The molecule has 1 aliphatic rings. The van der Waals surface area contributed by atoms with Crippen LogP contribution in [0.15, 0.2) is 0 Å². The van der Waals surface area contributed by atoms with Crippen LogP contribution >= 0.6 is 0 Å². The molecule has 1 rings (SSSR count). The monoisotopic (exact) mass is 394 g/mol. The van der Waals surface area contributed by atoms with Crippen LogP contribution in [0, 0.1) is 11.8 Å². The Bertz CT molecular complexity index is 566. The van der Waals surface area contributed by atoms with Crippen molar-refractivity contribution >= 4 is 16.1 Å². The Labute approximate surface area is 143 Å². The molecule has 1 aliphatic carbocycles. The zero-order valence-electron chi connectivity index (χ0n) is 13.6. The summed E-state index contributed by atoms with van der Waals surface area (Å²) in [4.78, 5) is 11.8. The van der Waals surface area contributed by atoms with Gasteiger partial charge in [-0.25, -0.2) is 0 Å². The number of carbonyl (C=O) groups is 1. The smallest absolute Gasteiger partial charge is 0.431 e. The fraction of sp³-hybridized carbons (Fsp3) is 0.929. The van der Waals surface area contributed by atoms with Crippen LogP contribution in [-0.2, 0) is 19.6 Å². The third-order valence-corrected chi connectivity index (χ3v) is 5.28. The molecule has 0 spiro atoms. The summed E-state index contributed by atoms with van der Waals surface area (Å²) in [6.07, 6.45) is -1.29. The lowest BCUT2D eigenvalue weighted by Gasteiger charge is -2.29. The lowest BCUT2D eigenvalue weighted by molar-refractivity contribution is -0.165. The largest absolute Gasteiger partial charge is 0.465 e. The van der Waals surface area contributed by atoms with E-state index in [0.717, 1.165) is 0 Å². The fourth-order valence-electron chi connectivity index (χ4n) is 2.67. The predicted octanol–water partition coefficient (Wildman–Crippen LogP) is 2.61. The number of hydrogen-bond donors (Lipinski definition) is 2. The van der Waals surface area contributed by atoms with Crippen molar-refractivity contribution < 1.29 is 45.2 Å². The molecule has 0 aliphatic heterocycles. The van der Waals surface area contributed by atoms with Crippen LogP contribution in [-0.4, -0.2) is 47.9 Å². The Kier molecular flexibility index (Phi) is 7.22. The van der Waals surface area contributed by atoms with E-state index in [1.165, 1.54) is 0 Å². The third-order valence-electron chi connectivity index (χ3n) is 4.34. The van der Waals surface area contributed by atoms with Gasteiger partial charge in [0.15, 0.2) is 0 Å². The van der Waals surface area contributed by atoms with Gasteiger partial charge >= 0.3 is 27.3 Å². The van der Waals surface area contributed by atoms with Gasteiger partial charge in [0.2, 0.25) is 0 Å². The maximum atomic E-state index is 13.2. The van der Waals surface area contributed by atoms with Crippen molar-refractivity contribution in [3.63, 3.8) is 0 Å². The van der Waals surface area contributed by atoms with Crippen LogP contribution < -0.4 is 0 Å². The molecule has 1 fully saturated rings. The molecule has 0 aromatic carbocycles. The second-order valence-corrected chi connectivity index (χ2v) is 7.84. The quantitative estimate of drug-likeness (QED) is 0.284. The van der Waals surface area contributed by atoms with Crippen LogP contribution in [0.1, 0.15) is 45.4 Å². The van der Waals surface area contributed by atoms with Crippen molar-refractivity contribution in [2.24, 2.45) is 11.8 Å². The van der Waals surface area contributed by atoms with Gasteiger partial charge in [-0.2, -0.15) is 26.0 Å². The summed E-state index contributed by atoms with van der Waals surface area (Å²) in [5.41, 5.74) is 0. The second-order valence-electron chi connectivity index (χ2n) is 6.38. The first-order chi connectivity index (χ1) is 11.3. The molecule has 0 aromatic heterocycles. The first kappa shape index (κ1) is 22.1. The zero-order chi connectivity index (χ0) is 19.5. The maximum absolute atomic E-state index is 13.2. The highest BCUT2D eigenvalue weighted by Crippen LogP contribution is 2.41. The van der Waals surface area contributed by atoms with Gasteiger partial charge in [0.05, 0.1) is 18.6 Å². The lowest BCUT2D eigenvalue weighted by Crippen LogP contribution is -2.46. The molecule has 1 saturated carbocycles. The fourth-order valence-corrected chi connectivity index (χ4v) is 3.15. The number of alkyl halides is 4. The Morgan fingerprint density at radius 2 is 1.80 bits per heavy atom. The molecule has 6 nitrogen and oxygen atoms in total. The number of ether oxygens (including phenoxy) is 1. The van der Waals surface area contributed by atoms with Gasteiger partial charge < -0.3 is 9.84 Å². The van der Waals surface area contributed by atoms with Crippen molar-refractivity contribution in [1.29, 1.82) is 0 Å². The van der Waals surface area contributed by atoms with Gasteiger partial charge in [-0.1, -0.05) is 6.92 Å². The minimum absolute atomic E-state index is 0.0624. The van der Waals surface area contributed by atoms with Gasteiger partial charge in [0.1, 0.15) is 0 Å². The van der Waals surface area contributed by atoms with E-state index in [1.807, 2.05) is 0 Å². The van der Waals surface area contributed by atoms with Crippen molar-refractivity contribution in [1.82, 2.24) is 0 Å². The standard InChI is InChI=1S/C14H22F4O6S/c1-9-8-10(4-5-11(9)19)12(20)24-7-3-2-6-13(15,16)14(17,18)25(21,22)23/h9-11,19H,2-8H2,1H3,(H,21,22,23). The summed E-state index contributed by atoms with van der Waals surface area (Å²) in [5.74, 6) is -5.93. The van der Waals surface area contributed by atoms with Gasteiger partial charge in [-0.05, 0) is 38.0 Å². The Morgan fingerprint density at radius 3 is 2.32 bits per heavy atom. The highest BCUT2D eigenvalue weighted by molar-refractivity contribution is 7.87. The minimum atomic E-state index is -6.23. The molecule has 11 heteroatoms. The van der Waals surface area contributed by atoms with Gasteiger partial charge in [-0.15, -0.1) is 0 Å². The average molecular weight is 394 g/mol. The normalized spacial score (nSPS) is 25.6. The summed E-state index contributed by atoms with van der Waals surface area (Å²) >= 11 is 0. The summed E-state index contributed by atoms with van der Waals surface area (Å²) < 4.78 is 86.2. The van der Waals surface area contributed by atoms with Crippen LogP contribution in [0.2, 0.25) is 0 Å². The van der Waals surface area contributed by atoms with Gasteiger partial charge in [-0.3, -0.25) is 9.35 Å². The number of carbonyl (C=O) groups excluding carboxylic acids is 1. The van der Waals surface area contributed by atoms with Crippen LogP contribution in [0.5, 0.6) is 0 Å². The van der Waals surface area contributed by atoms with Crippen molar-refractivity contribution in [2.75, 3.05) is 6.61 Å². The van der Waals surface area contributed by atoms with Crippen LogP contribution in [0.3, 0.4) is 0 Å². The molecule has 0 aromatic rings. The van der Waals surface area contributed by atoms with Crippen molar-refractivity contribution in [2.45, 2.75) is 62.7 Å².